The highest BCUT2D eigenvalue weighted by Crippen LogP contribution is 2.08. The minimum absolute atomic E-state index is 0.000651. The summed E-state index contributed by atoms with van der Waals surface area (Å²) in [7, 11) is 3.99. The van der Waals surface area contributed by atoms with E-state index in [0.29, 0.717) is 13.1 Å². The lowest BCUT2D eigenvalue weighted by atomic mass is 10.2. The van der Waals surface area contributed by atoms with Crippen LogP contribution in [-0.4, -0.2) is 49.1 Å². The summed E-state index contributed by atoms with van der Waals surface area (Å²) in [5, 5.41) is 2.96. The van der Waals surface area contributed by atoms with Crippen LogP contribution in [-0.2, 0) is 6.54 Å². The molecule has 2 amide bonds. The Hall–Kier alpha value is -1.55. The van der Waals surface area contributed by atoms with E-state index in [-0.39, 0.29) is 12.1 Å². The topological polar surface area (TPSA) is 35.6 Å². The number of carbonyl (C=O) groups is 1. The molecule has 0 aliphatic carbocycles. The predicted octanol–water partition coefficient (Wildman–Crippen LogP) is 2.17. The second-order valence-electron chi connectivity index (χ2n) is 5.24. The molecule has 1 aromatic carbocycles. The molecule has 0 unspecified atom stereocenters. The van der Waals surface area contributed by atoms with Crippen molar-refractivity contribution in [3.05, 3.63) is 35.9 Å². The number of benzene rings is 1. The molecular formula is C15H25N3O. The molecule has 1 N–H and O–H groups in total. The normalized spacial score (nSPS) is 10.8. The predicted molar refractivity (Wildman–Crippen MR) is 79.1 cm³/mol. The highest BCUT2D eigenvalue weighted by molar-refractivity contribution is 5.74. The summed E-state index contributed by atoms with van der Waals surface area (Å²) in [5.41, 5.74) is 1.15. The monoisotopic (exact) mass is 263 g/mol. The second kappa shape index (κ2) is 7.79. The fourth-order valence-electron chi connectivity index (χ4n) is 1.76. The fourth-order valence-corrected chi connectivity index (χ4v) is 1.76. The van der Waals surface area contributed by atoms with E-state index in [0.717, 1.165) is 12.1 Å². The molecule has 0 bridgehead atoms. The summed E-state index contributed by atoms with van der Waals surface area (Å²) >= 11 is 0. The first kappa shape index (κ1) is 15.5. The van der Waals surface area contributed by atoms with Gasteiger partial charge in [-0.05, 0) is 33.5 Å². The second-order valence-corrected chi connectivity index (χ2v) is 5.24. The number of urea groups is 1. The van der Waals surface area contributed by atoms with Gasteiger partial charge in [-0.1, -0.05) is 30.3 Å². The van der Waals surface area contributed by atoms with Crippen molar-refractivity contribution in [3.63, 3.8) is 0 Å². The quantitative estimate of drug-likeness (QED) is 0.854. The van der Waals surface area contributed by atoms with Crippen LogP contribution < -0.4 is 5.32 Å². The number of nitrogens with one attached hydrogen (secondary N) is 1. The lowest BCUT2D eigenvalue weighted by molar-refractivity contribution is 0.179. The molecule has 0 aliphatic rings. The minimum atomic E-state index is 0.000651. The third-order valence-corrected chi connectivity index (χ3v) is 2.92. The van der Waals surface area contributed by atoms with E-state index < -0.39 is 0 Å². The Balaban J connectivity index is 2.55. The molecule has 0 aromatic heterocycles. The Kier molecular flexibility index (Phi) is 6.36. The van der Waals surface area contributed by atoms with Crippen molar-refractivity contribution in [3.8, 4) is 0 Å². The van der Waals surface area contributed by atoms with E-state index in [9.17, 15) is 4.79 Å². The average molecular weight is 263 g/mol. The number of nitrogens with zero attached hydrogens (tertiary/aromatic N) is 2. The average Bonchev–Trinajstić information content (AvgIpc) is 2.36. The van der Waals surface area contributed by atoms with Crippen LogP contribution in [0.4, 0.5) is 4.79 Å². The first-order chi connectivity index (χ1) is 9.00. The zero-order valence-corrected chi connectivity index (χ0v) is 12.4. The lowest BCUT2D eigenvalue weighted by Crippen LogP contribution is -2.45. The fraction of sp³-hybridized carbons (Fsp3) is 0.533. The first-order valence-corrected chi connectivity index (χ1v) is 6.74. The molecule has 0 fully saturated rings. The van der Waals surface area contributed by atoms with Gasteiger partial charge in [-0.25, -0.2) is 4.79 Å². The molecule has 1 aromatic rings. The van der Waals surface area contributed by atoms with Gasteiger partial charge in [0.25, 0.3) is 0 Å². The van der Waals surface area contributed by atoms with Crippen LogP contribution in [0, 0.1) is 0 Å². The van der Waals surface area contributed by atoms with Crippen LogP contribution in [0.2, 0.25) is 0 Å². The molecule has 106 valence electrons. The molecule has 0 radical (unpaired) electrons. The molecule has 0 heterocycles. The van der Waals surface area contributed by atoms with Crippen molar-refractivity contribution in [2.45, 2.75) is 26.4 Å². The van der Waals surface area contributed by atoms with E-state index in [1.165, 1.54) is 0 Å². The van der Waals surface area contributed by atoms with Crippen molar-refractivity contribution >= 4 is 6.03 Å². The summed E-state index contributed by atoms with van der Waals surface area (Å²) in [5.74, 6) is 0. The van der Waals surface area contributed by atoms with E-state index in [1.807, 2.05) is 63.2 Å². The van der Waals surface area contributed by atoms with Crippen LogP contribution in [0.3, 0.4) is 0 Å². The number of amides is 2. The number of rotatable bonds is 6. The molecule has 0 atom stereocenters. The van der Waals surface area contributed by atoms with Crippen LogP contribution in [0.1, 0.15) is 19.4 Å². The molecule has 1 rings (SSSR count). The Morgan fingerprint density at radius 2 is 1.84 bits per heavy atom. The van der Waals surface area contributed by atoms with Gasteiger partial charge in [0.2, 0.25) is 0 Å². The van der Waals surface area contributed by atoms with Crippen LogP contribution in [0.5, 0.6) is 0 Å². The molecule has 0 aliphatic heterocycles. The van der Waals surface area contributed by atoms with Gasteiger partial charge in [0.1, 0.15) is 0 Å². The molecule has 4 nitrogen and oxygen atoms in total. The maximum absolute atomic E-state index is 12.2. The first-order valence-electron chi connectivity index (χ1n) is 6.74. The van der Waals surface area contributed by atoms with E-state index in [1.54, 1.807) is 0 Å². The minimum Gasteiger partial charge on any atom is -0.337 e. The SMILES string of the molecule is CC(C)N(Cc1ccccc1)C(=O)NCCN(C)C. The smallest absolute Gasteiger partial charge is 0.317 e. The van der Waals surface area contributed by atoms with Crippen molar-refractivity contribution in [2.75, 3.05) is 27.2 Å². The Bertz CT molecular complexity index is 376. The number of hydrogen-bond donors (Lipinski definition) is 1. The summed E-state index contributed by atoms with van der Waals surface area (Å²) < 4.78 is 0. The van der Waals surface area contributed by atoms with Crippen molar-refractivity contribution in [1.82, 2.24) is 15.1 Å². The molecule has 4 heteroatoms. The van der Waals surface area contributed by atoms with Crippen LogP contribution in [0.15, 0.2) is 30.3 Å². The summed E-state index contributed by atoms with van der Waals surface area (Å²) in [6, 6.07) is 10.3. The molecule has 0 spiro atoms. The molecule has 19 heavy (non-hydrogen) atoms. The van der Waals surface area contributed by atoms with Crippen LogP contribution in [0.25, 0.3) is 0 Å². The maximum atomic E-state index is 12.2. The maximum Gasteiger partial charge on any atom is 0.317 e. The lowest BCUT2D eigenvalue weighted by Gasteiger charge is -2.27. The summed E-state index contributed by atoms with van der Waals surface area (Å²) in [6.45, 7) is 6.24. The van der Waals surface area contributed by atoms with Crippen molar-refractivity contribution < 1.29 is 4.79 Å². The summed E-state index contributed by atoms with van der Waals surface area (Å²) in [4.78, 5) is 16.1. The highest BCUT2D eigenvalue weighted by Gasteiger charge is 2.16. The van der Waals surface area contributed by atoms with E-state index in [4.69, 9.17) is 0 Å². The van der Waals surface area contributed by atoms with E-state index in [2.05, 4.69) is 10.2 Å². The van der Waals surface area contributed by atoms with Gasteiger partial charge >= 0.3 is 6.03 Å². The third kappa shape index (κ3) is 5.75. The molecule has 0 saturated carbocycles. The van der Waals surface area contributed by atoms with Crippen LogP contribution >= 0.6 is 0 Å². The van der Waals surface area contributed by atoms with Gasteiger partial charge in [-0.15, -0.1) is 0 Å². The highest BCUT2D eigenvalue weighted by atomic mass is 16.2. The number of carbonyl (C=O) groups excluding carboxylic acids is 1. The Morgan fingerprint density at radius 3 is 2.37 bits per heavy atom. The van der Waals surface area contributed by atoms with Crippen molar-refractivity contribution in [1.29, 1.82) is 0 Å². The summed E-state index contributed by atoms with van der Waals surface area (Å²) in [6.07, 6.45) is 0. The molecular weight excluding hydrogens is 238 g/mol. The number of hydrogen-bond acceptors (Lipinski definition) is 2. The van der Waals surface area contributed by atoms with Gasteiger partial charge in [0, 0.05) is 25.7 Å². The van der Waals surface area contributed by atoms with Gasteiger partial charge < -0.3 is 15.1 Å². The van der Waals surface area contributed by atoms with Gasteiger partial charge in [-0.2, -0.15) is 0 Å². The standard InChI is InChI=1S/C15H25N3O/c1-13(2)18(12-14-8-6-5-7-9-14)15(19)16-10-11-17(3)4/h5-9,13H,10-12H2,1-4H3,(H,16,19). The zero-order chi connectivity index (χ0) is 14.3. The number of likely N-dealkylation sites (N-methyl/N-ethyl adjacent to an activating group) is 1. The Labute approximate surface area is 116 Å². The third-order valence-electron chi connectivity index (χ3n) is 2.92. The van der Waals surface area contributed by atoms with Gasteiger partial charge in [0.05, 0.1) is 0 Å². The largest absolute Gasteiger partial charge is 0.337 e. The van der Waals surface area contributed by atoms with Gasteiger partial charge in [-0.3, -0.25) is 0 Å². The van der Waals surface area contributed by atoms with Gasteiger partial charge in [0.15, 0.2) is 0 Å². The zero-order valence-electron chi connectivity index (χ0n) is 12.4. The van der Waals surface area contributed by atoms with E-state index >= 15 is 0 Å². The van der Waals surface area contributed by atoms with Crippen molar-refractivity contribution in [2.24, 2.45) is 0 Å². The Morgan fingerprint density at radius 1 is 1.21 bits per heavy atom. The molecule has 0 saturated heterocycles.